The van der Waals surface area contributed by atoms with Crippen molar-refractivity contribution in [3.8, 4) is 5.75 Å². The van der Waals surface area contributed by atoms with Crippen molar-refractivity contribution in [2.45, 2.75) is 33.2 Å². The molecule has 2 aromatic rings. The number of carbonyl (C=O) groups is 2. The number of hydrogen-bond acceptors (Lipinski definition) is 3. The van der Waals surface area contributed by atoms with Crippen molar-refractivity contribution in [3.63, 3.8) is 0 Å². The third-order valence-corrected chi connectivity index (χ3v) is 5.33. The average Bonchev–Trinajstić information content (AvgIpc) is 3.05. The normalized spacial score (nSPS) is 17.7. The molecule has 5 heteroatoms. The minimum Gasteiger partial charge on any atom is -0.496 e. The Bertz CT molecular complexity index is 862. The number of methoxy groups -OCH3 is 1. The Hall–Kier alpha value is -2.82. The molecule has 0 saturated carbocycles. The molecule has 2 aromatic carbocycles. The summed E-state index contributed by atoms with van der Waals surface area (Å²) in [5.41, 5.74) is 4.03. The first kappa shape index (κ1) is 19.0. The van der Waals surface area contributed by atoms with Gasteiger partial charge in [0.15, 0.2) is 0 Å². The van der Waals surface area contributed by atoms with Crippen molar-refractivity contribution in [1.29, 1.82) is 0 Å². The molecule has 0 aliphatic carbocycles. The van der Waals surface area contributed by atoms with Crippen molar-refractivity contribution < 1.29 is 14.3 Å². The molecule has 1 aliphatic rings. The number of para-hydroxylation sites is 1. The van der Waals surface area contributed by atoms with Gasteiger partial charge in [0.2, 0.25) is 11.8 Å². The van der Waals surface area contributed by atoms with Gasteiger partial charge in [-0.05, 0) is 44.0 Å². The predicted octanol–water partition coefficient (Wildman–Crippen LogP) is 3.54. The molecule has 1 N–H and O–H groups in total. The van der Waals surface area contributed by atoms with Crippen molar-refractivity contribution in [2.24, 2.45) is 5.92 Å². The van der Waals surface area contributed by atoms with Gasteiger partial charge in [-0.1, -0.05) is 30.3 Å². The van der Waals surface area contributed by atoms with Crippen LogP contribution in [-0.2, 0) is 9.59 Å². The highest BCUT2D eigenvalue weighted by Gasteiger charge is 2.36. The summed E-state index contributed by atoms with van der Waals surface area (Å²) in [4.78, 5) is 27.0. The van der Waals surface area contributed by atoms with Crippen LogP contribution in [0.25, 0.3) is 0 Å². The largest absolute Gasteiger partial charge is 0.496 e. The van der Waals surface area contributed by atoms with Crippen LogP contribution in [0.2, 0.25) is 0 Å². The Morgan fingerprint density at radius 1 is 1.19 bits per heavy atom. The van der Waals surface area contributed by atoms with E-state index in [-0.39, 0.29) is 30.2 Å². The van der Waals surface area contributed by atoms with E-state index in [9.17, 15) is 9.59 Å². The number of nitrogens with zero attached hydrogens (tertiary/aromatic N) is 1. The van der Waals surface area contributed by atoms with Gasteiger partial charge in [-0.3, -0.25) is 9.59 Å². The smallest absolute Gasteiger partial charge is 0.227 e. The lowest BCUT2D eigenvalue weighted by molar-refractivity contribution is -0.126. The zero-order valence-corrected chi connectivity index (χ0v) is 16.3. The van der Waals surface area contributed by atoms with E-state index >= 15 is 0 Å². The molecular formula is C22H26N2O3. The Morgan fingerprint density at radius 2 is 1.93 bits per heavy atom. The Kier molecular flexibility index (Phi) is 5.49. The van der Waals surface area contributed by atoms with Gasteiger partial charge in [0.05, 0.1) is 19.1 Å². The molecular weight excluding hydrogens is 340 g/mol. The molecule has 1 aliphatic heterocycles. The molecule has 0 spiro atoms. The molecule has 1 saturated heterocycles. The second-order valence-corrected chi connectivity index (χ2v) is 7.10. The van der Waals surface area contributed by atoms with E-state index in [1.54, 1.807) is 12.0 Å². The molecule has 1 fully saturated rings. The van der Waals surface area contributed by atoms with Gasteiger partial charge in [0.25, 0.3) is 0 Å². The first-order valence-electron chi connectivity index (χ1n) is 9.22. The number of benzene rings is 2. The second kappa shape index (κ2) is 7.82. The highest BCUT2D eigenvalue weighted by Crippen LogP contribution is 2.30. The minimum atomic E-state index is -0.352. The van der Waals surface area contributed by atoms with Crippen LogP contribution in [0.1, 0.15) is 36.1 Å². The number of anilines is 1. The van der Waals surface area contributed by atoms with Gasteiger partial charge in [-0.25, -0.2) is 0 Å². The van der Waals surface area contributed by atoms with E-state index in [0.29, 0.717) is 6.54 Å². The number of ether oxygens (including phenoxy) is 1. The second-order valence-electron chi connectivity index (χ2n) is 7.10. The summed E-state index contributed by atoms with van der Waals surface area (Å²) in [6, 6.07) is 13.3. The van der Waals surface area contributed by atoms with E-state index in [0.717, 1.165) is 28.1 Å². The van der Waals surface area contributed by atoms with Gasteiger partial charge in [0, 0.05) is 24.2 Å². The van der Waals surface area contributed by atoms with Crippen LogP contribution in [0.15, 0.2) is 42.5 Å². The van der Waals surface area contributed by atoms with Crippen molar-refractivity contribution in [3.05, 3.63) is 59.2 Å². The topological polar surface area (TPSA) is 58.6 Å². The zero-order valence-electron chi connectivity index (χ0n) is 16.3. The Balaban J connectivity index is 1.71. The number of nitrogens with one attached hydrogen (secondary N) is 1. The molecule has 27 heavy (non-hydrogen) atoms. The van der Waals surface area contributed by atoms with Crippen LogP contribution in [0.5, 0.6) is 5.75 Å². The van der Waals surface area contributed by atoms with Crippen LogP contribution in [0, 0.1) is 19.8 Å². The van der Waals surface area contributed by atoms with Crippen LogP contribution in [0.3, 0.4) is 0 Å². The maximum absolute atomic E-state index is 12.8. The maximum atomic E-state index is 12.8. The Labute approximate surface area is 160 Å². The van der Waals surface area contributed by atoms with Crippen molar-refractivity contribution in [1.82, 2.24) is 5.32 Å². The van der Waals surface area contributed by atoms with E-state index in [4.69, 9.17) is 4.74 Å². The maximum Gasteiger partial charge on any atom is 0.227 e. The lowest BCUT2D eigenvalue weighted by Crippen LogP contribution is -2.34. The zero-order chi connectivity index (χ0) is 19.6. The number of amides is 2. The summed E-state index contributed by atoms with van der Waals surface area (Å²) >= 11 is 0. The van der Waals surface area contributed by atoms with E-state index < -0.39 is 0 Å². The van der Waals surface area contributed by atoms with Crippen LogP contribution >= 0.6 is 0 Å². The van der Waals surface area contributed by atoms with E-state index in [1.807, 2.05) is 63.2 Å². The molecule has 5 nitrogen and oxygen atoms in total. The fourth-order valence-electron chi connectivity index (χ4n) is 3.58. The van der Waals surface area contributed by atoms with E-state index in [1.165, 1.54) is 0 Å². The third kappa shape index (κ3) is 3.82. The van der Waals surface area contributed by atoms with Gasteiger partial charge >= 0.3 is 0 Å². The highest BCUT2D eigenvalue weighted by atomic mass is 16.5. The van der Waals surface area contributed by atoms with E-state index in [2.05, 4.69) is 5.32 Å². The molecule has 142 valence electrons. The molecule has 2 atom stereocenters. The van der Waals surface area contributed by atoms with Gasteiger partial charge in [-0.15, -0.1) is 0 Å². The fraction of sp³-hybridized carbons (Fsp3) is 0.364. The molecule has 3 rings (SSSR count). The number of carbonyl (C=O) groups excluding carboxylic acids is 2. The van der Waals surface area contributed by atoms with Gasteiger partial charge in [0.1, 0.15) is 5.75 Å². The van der Waals surface area contributed by atoms with Crippen LogP contribution in [0.4, 0.5) is 5.69 Å². The van der Waals surface area contributed by atoms with Gasteiger partial charge in [-0.2, -0.15) is 0 Å². The molecule has 0 unspecified atom stereocenters. The lowest BCUT2D eigenvalue weighted by Gasteiger charge is -2.21. The summed E-state index contributed by atoms with van der Waals surface area (Å²) in [5.74, 6) is 0.280. The average molecular weight is 366 g/mol. The quantitative estimate of drug-likeness (QED) is 0.880. The predicted molar refractivity (Wildman–Crippen MR) is 106 cm³/mol. The first-order chi connectivity index (χ1) is 12.9. The van der Waals surface area contributed by atoms with Gasteiger partial charge < -0.3 is 15.0 Å². The minimum absolute atomic E-state index is 0.00575. The number of hydrogen-bond donors (Lipinski definition) is 1. The highest BCUT2D eigenvalue weighted by molar-refractivity contribution is 6.01. The fourth-order valence-corrected chi connectivity index (χ4v) is 3.58. The van der Waals surface area contributed by atoms with Crippen molar-refractivity contribution in [2.75, 3.05) is 18.6 Å². The summed E-state index contributed by atoms with van der Waals surface area (Å²) in [6.07, 6.45) is 0.234. The molecule has 1 heterocycles. The molecule has 0 radical (unpaired) electrons. The molecule has 2 amide bonds. The lowest BCUT2D eigenvalue weighted by atomic mass is 10.0. The number of rotatable bonds is 5. The SMILES string of the molecule is COc1ccccc1[C@@H](C)NC(=O)[C@H]1CC(=O)N(c2cccc(C)c2C)C1. The Morgan fingerprint density at radius 3 is 2.67 bits per heavy atom. The first-order valence-corrected chi connectivity index (χ1v) is 9.22. The van der Waals surface area contributed by atoms with Crippen LogP contribution < -0.4 is 15.0 Å². The monoisotopic (exact) mass is 366 g/mol. The summed E-state index contributed by atoms with van der Waals surface area (Å²) in [6.45, 7) is 6.37. The summed E-state index contributed by atoms with van der Waals surface area (Å²) in [5, 5.41) is 3.03. The third-order valence-electron chi connectivity index (χ3n) is 5.33. The van der Waals surface area contributed by atoms with Crippen molar-refractivity contribution >= 4 is 17.5 Å². The summed E-state index contributed by atoms with van der Waals surface area (Å²) in [7, 11) is 1.62. The number of aryl methyl sites for hydroxylation is 1. The standard InChI is InChI=1S/C22H26N2O3/c1-14-8-7-10-19(15(14)2)24-13-17(12-21(24)25)22(26)23-16(3)18-9-5-6-11-20(18)27-4/h5-11,16-17H,12-13H2,1-4H3,(H,23,26)/t16-,17+/m1/s1. The van der Waals surface area contributed by atoms with Crippen LogP contribution in [-0.4, -0.2) is 25.5 Å². The molecule has 0 aromatic heterocycles. The summed E-state index contributed by atoms with van der Waals surface area (Å²) < 4.78 is 5.38. The molecule has 0 bridgehead atoms.